The number of benzene rings is 1. The van der Waals surface area contributed by atoms with E-state index in [0.29, 0.717) is 0 Å². The molecule has 76 valence electrons. The van der Waals surface area contributed by atoms with Crippen LogP contribution in [0, 0.1) is 0 Å². The molecule has 0 amide bonds. The summed E-state index contributed by atoms with van der Waals surface area (Å²) in [5, 5.41) is 8.69. The smallest absolute Gasteiger partial charge is 0.335 e. The number of aromatic carboxylic acids is 1. The molecule has 0 bridgehead atoms. The molecule has 1 aromatic carbocycles. The highest BCUT2D eigenvalue weighted by Crippen LogP contribution is 2.11. The summed E-state index contributed by atoms with van der Waals surface area (Å²) < 4.78 is 29.6. The Bertz CT molecular complexity index is 449. The van der Waals surface area contributed by atoms with Crippen LogP contribution >= 0.6 is 0 Å². The van der Waals surface area contributed by atoms with E-state index in [1.165, 1.54) is 24.3 Å². The van der Waals surface area contributed by atoms with Gasteiger partial charge in [0, 0.05) is 0 Å². The number of carbonyl (C=O) groups is 1. The van der Waals surface area contributed by atoms with Crippen LogP contribution in [0.5, 0.6) is 0 Å². The van der Waals surface area contributed by atoms with E-state index in [2.05, 4.69) is 0 Å². The summed E-state index contributed by atoms with van der Waals surface area (Å²) in [4.78, 5) is 10.6. The zero-order valence-corrected chi connectivity index (χ0v) is 7.86. The van der Waals surface area contributed by atoms with Crippen molar-refractivity contribution >= 4 is 16.1 Å². The Kier molecular flexibility index (Phi) is 2.87. The van der Waals surface area contributed by atoms with E-state index in [4.69, 9.17) is 9.66 Å². The largest absolute Gasteiger partial charge is 0.478 e. The molecule has 6 heteroatoms. The van der Waals surface area contributed by atoms with E-state index in [0.717, 1.165) is 0 Å². The Balaban J connectivity index is 3.15. The summed E-state index contributed by atoms with van der Waals surface area (Å²) in [5.74, 6) is -1.90. The van der Waals surface area contributed by atoms with E-state index < -0.39 is 21.8 Å². The Morgan fingerprint density at radius 1 is 1.29 bits per heavy atom. The van der Waals surface area contributed by atoms with Crippen molar-refractivity contribution in [2.45, 2.75) is 5.75 Å². The first-order valence-corrected chi connectivity index (χ1v) is 5.27. The maximum atomic E-state index is 10.6. The number of hydrogen-bond donors (Lipinski definition) is 2. The van der Waals surface area contributed by atoms with Gasteiger partial charge in [0.1, 0.15) is 5.75 Å². The number of carboxylic acid groups (broad SMARTS) is 1. The van der Waals surface area contributed by atoms with Gasteiger partial charge in [-0.1, -0.05) is 18.2 Å². The molecule has 0 saturated carbocycles. The van der Waals surface area contributed by atoms with Crippen molar-refractivity contribution in [2.75, 3.05) is 0 Å². The molecule has 0 saturated heterocycles. The lowest BCUT2D eigenvalue weighted by Crippen LogP contribution is -2.07. The molecular weight excluding hydrogens is 208 g/mol. The van der Waals surface area contributed by atoms with E-state index >= 15 is 0 Å². The second-order valence-electron chi connectivity index (χ2n) is 2.69. The molecule has 0 fully saturated rings. The fraction of sp³-hybridized carbons (Fsp3) is 0.125. The van der Waals surface area contributed by atoms with Crippen LogP contribution in [0.25, 0.3) is 0 Å². The normalized spacial score (nSPS) is 11.2. The molecule has 0 radical (unpaired) electrons. The molecule has 0 atom stereocenters. The summed E-state index contributed by atoms with van der Waals surface area (Å²) in [6, 6.07) is 5.62. The highest BCUT2D eigenvalue weighted by atomic mass is 32.2. The second kappa shape index (κ2) is 3.77. The Morgan fingerprint density at radius 2 is 1.86 bits per heavy atom. The van der Waals surface area contributed by atoms with Crippen molar-refractivity contribution in [3.8, 4) is 0 Å². The van der Waals surface area contributed by atoms with Crippen molar-refractivity contribution in [2.24, 2.45) is 0 Å². The monoisotopic (exact) mass is 216 g/mol. The predicted molar refractivity (Wildman–Crippen MR) is 48.7 cm³/mol. The first-order valence-electron chi connectivity index (χ1n) is 3.66. The average molecular weight is 216 g/mol. The predicted octanol–water partition coefficient (Wildman–Crippen LogP) is 0.773. The Labute approximate surface area is 80.7 Å². The number of rotatable bonds is 3. The Morgan fingerprint density at radius 3 is 2.36 bits per heavy atom. The summed E-state index contributed by atoms with van der Waals surface area (Å²) in [7, 11) is -4.20. The molecule has 2 N–H and O–H groups in total. The fourth-order valence-electron chi connectivity index (χ4n) is 1.05. The van der Waals surface area contributed by atoms with Crippen LogP contribution in [0.2, 0.25) is 0 Å². The maximum Gasteiger partial charge on any atom is 0.335 e. The minimum absolute atomic E-state index is 0.0718. The lowest BCUT2D eigenvalue weighted by molar-refractivity contribution is 0.0696. The van der Waals surface area contributed by atoms with Gasteiger partial charge in [0.25, 0.3) is 10.1 Å². The molecule has 1 aromatic rings. The van der Waals surface area contributed by atoms with E-state index in [-0.39, 0.29) is 11.1 Å². The van der Waals surface area contributed by atoms with Crippen molar-refractivity contribution < 1.29 is 22.9 Å². The number of hydrogen-bond acceptors (Lipinski definition) is 3. The van der Waals surface area contributed by atoms with Crippen molar-refractivity contribution in [1.82, 2.24) is 0 Å². The topological polar surface area (TPSA) is 91.7 Å². The van der Waals surface area contributed by atoms with Crippen LogP contribution in [-0.2, 0) is 15.9 Å². The van der Waals surface area contributed by atoms with Gasteiger partial charge in [-0.3, -0.25) is 4.55 Å². The lowest BCUT2D eigenvalue weighted by Gasteiger charge is -2.02. The van der Waals surface area contributed by atoms with Crippen LogP contribution < -0.4 is 0 Å². The maximum absolute atomic E-state index is 10.6. The molecule has 0 heterocycles. The van der Waals surface area contributed by atoms with Gasteiger partial charge in [-0.05, 0) is 11.6 Å². The van der Waals surface area contributed by atoms with E-state index in [1.54, 1.807) is 0 Å². The minimum Gasteiger partial charge on any atom is -0.478 e. The molecule has 14 heavy (non-hydrogen) atoms. The van der Waals surface area contributed by atoms with Crippen LogP contribution in [0.15, 0.2) is 24.3 Å². The highest BCUT2D eigenvalue weighted by molar-refractivity contribution is 7.85. The molecule has 0 aromatic heterocycles. The van der Waals surface area contributed by atoms with Gasteiger partial charge in [-0.15, -0.1) is 0 Å². The molecule has 1 rings (SSSR count). The fourth-order valence-corrected chi connectivity index (χ4v) is 1.70. The average Bonchev–Trinajstić information content (AvgIpc) is 2.01. The third kappa shape index (κ3) is 2.82. The van der Waals surface area contributed by atoms with Crippen LogP contribution in [0.1, 0.15) is 15.9 Å². The second-order valence-corrected chi connectivity index (χ2v) is 4.14. The van der Waals surface area contributed by atoms with E-state index in [1.807, 2.05) is 0 Å². The molecule has 5 nitrogen and oxygen atoms in total. The molecule has 0 spiro atoms. The SMILES string of the molecule is O=C(O)c1ccccc1CS(=O)(=O)O. The van der Waals surface area contributed by atoms with Gasteiger partial charge in [0.2, 0.25) is 0 Å². The Hall–Kier alpha value is -1.40. The highest BCUT2D eigenvalue weighted by Gasteiger charge is 2.14. The zero-order chi connectivity index (χ0) is 10.8. The van der Waals surface area contributed by atoms with Crippen LogP contribution in [0.4, 0.5) is 0 Å². The van der Waals surface area contributed by atoms with E-state index in [9.17, 15) is 13.2 Å². The summed E-state index contributed by atoms with van der Waals surface area (Å²) in [6.07, 6.45) is 0. The van der Waals surface area contributed by atoms with Gasteiger partial charge in [0.05, 0.1) is 5.56 Å². The van der Waals surface area contributed by atoms with Crippen LogP contribution in [0.3, 0.4) is 0 Å². The van der Waals surface area contributed by atoms with Gasteiger partial charge in [-0.2, -0.15) is 8.42 Å². The zero-order valence-electron chi connectivity index (χ0n) is 7.04. The van der Waals surface area contributed by atoms with Crippen molar-refractivity contribution in [1.29, 1.82) is 0 Å². The third-order valence-corrected chi connectivity index (χ3v) is 2.26. The van der Waals surface area contributed by atoms with Gasteiger partial charge in [-0.25, -0.2) is 4.79 Å². The van der Waals surface area contributed by atoms with Crippen molar-refractivity contribution in [3.05, 3.63) is 35.4 Å². The molecule has 0 unspecified atom stereocenters. The van der Waals surface area contributed by atoms with Gasteiger partial charge >= 0.3 is 5.97 Å². The standard InChI is InChI=1S/C8H8O5S/c9-8(10)7-4-2-1-3-6(7)5-14(11,12)13/h1-4H,5H2,(H,9,10)(H,11,12,13). The van der Waals surface area contributed by atoms with Crippen molar-refractivity contribution in [3.63, 3.8) is 0 Å². The number of carboxylic acids is 1. The quantitative estimate of drug-likeness (QED) is 0.728. The first kappa shape index (κ1) is 10.7. The van der Waals surface area contributed by atoms with Crippen LogP contribution in [-0.4, -0.2) is 24.0 Å². The third-order valence-electron chi connectivity index (χ3n) is 1.59. The summed E-state index contributed by atoms with van der Waals surface area (Å²) in [5.41, 5.74) is -0.0485. The first-order chi connectivity index (χ1) is 6.40. The lowest BCUT2D eigenvalue weighted by atomic mass is 10.1. The van der Waals surface area contributed by atoms with Gasteiger partial charge < -0.3 is 5.11 Å². The molecule has 0 aliphatic carbocycles. The molecular formula is C8H8O5S. The summed E-state index contributed by atoms with van der Waals surface area (Å²) >= 11 is 0. The molecule has 0 aliphatic rings. The molecule has 0 aliphatic heterocycles. The summed E-state index contributed by atoms with van der Waals surface area (Å²) in [6.45, 7) is 0. The minimum atomic E-state index is -4.20. The van der Waals surface area contributed by atoms with Gasteiger partial charge in [0.15, 0.2) is 0 Å².